The molecule has 0 aliphatic carbocycles. The number of guanidine groups is 1. The molecule has 3 heteroatoms. The summed E-state index contributed by atoms with van der Waals surface area (Å²) in [7, 11) is 0. The summed E-state index contributed by atoms with van der Waals surface area (Å²) in [5.41, 5.74) is 0.368. The van der Waals surface area contributed by atoms with Gasteiger partial charge in [0.25, 0.3) is 0 Å². The first-order valence-corrected chi connectivity index (χ1v) is 5.14. The first kappa shape index (κ1) is 8.85. The Morgan fingerprint density at radius 3 is 2.92 bits per heavy atom. The molecule has 0 saturated carbocycles. The normalized spacial score (nSPS) is 28.1. The van der Waals surface area contributed by atoms with Gasteiger partial charge in [-0.1, -0.05) is 20.8 Å². The molecular weight excluding hydrogens is 162 g/mol. The Labute approximate surface area is 80.2 Å². The summed E-state index contributed by atoms with van der Waals surface area (Å²) in [6, 6.07) is 0.662. The van der Waals surface area contributed by atoms with Crippen molar-refractivity contribution in [3.05, 3.63) is 0 Å². The molecule has 0 bridgehead atoms. The van der Waals surface area contributed by atoms with Crippen LogP contribution in [-0.4, -0.2) is 36.5 Å². The maximum atomic E-state index is 4.49. The Morgan fingerprint density at radius 1 is 1.46 bits per heavy atom. The molecule has 1 saturated heterocycles. The molecule has 1 N–H and O–H groups in total. The molecule has 0 aromatic carbocycles. The van der Waals surface area contributed by atoms with Gasteiger partial charge >= 0.3 is 0 Å². The molecule has 1 fully saturated rings. The molecule has 0 amide bonds. The summed E-state index contributed by atoms with van der Waals surface area (Å²) in [5, 5.41) is 3.34. The van der Waals surface area contributed by atoms with Crippen molar-refractivity contribution in [3.8, 4) is 0 Å². The summed E-state index contributed by atoms with van der Waals surface area (Å²) < 4.78 is 0. The third-order valence-corrected chi connectivity index (χ3v) is 2.95. The first-order chi connectivity index (χ1) is 6.09. The minimum absolute atomic E-state index is 0.368. The molecule has 2 aliphatic rings. The van der Waals surface area contributed by atoms with Crippen LogP contribution in [0.1, 0.15) is 27.2 Å². The summed E-state index contributed by atoms with van der Waals surface area (Å²) >= 11 is 0. The number of nitrogens with zero attached hydrogens (tertiary/aromatic N) is 2. The Morgan fingerprint density at radius 2 is 2.23 bits per heavy atom. The van der Waals surface area contributed by atoms with Crippen LogP contribution in [0.4, 0.5) is 0 Å². The van der Waals surface area contributed by atoms with Gasteiger partial charge in [-0.05, 0) is 11.8 Å². The molecule has 0 aromatic heterocycles. The van der Waals surface area contributed by atoms with Gasteiger partial charge < -0.3 is 10.2 Å². The van der Waals surface area contributed by atoms with Crippen LogP contribution in [0, 0.1) is 5.41 Å². The smallest absolute Gasteiger partial charge is 0.194 e. The third-order valence-electron chi connectivity index (χ3n) is 2.95. The highest BCUT2D eigenvalue weighted by atomic mass is 15.4. The molecule has 13 heavy (non-hydrogen) atoms. The standard InChI is InChI=1S/C10H19N3/c1-10(2,3)8-4-5-11-9-12-6-7-13(8)9/h8H,4-7H2,1-3H3,(H,11,12). The van der Waals surface area contributed by atoms with Crippen LogP contribution in [0.2, 0.25) is 0 Å². The van der Waals surface area contributed by atoms with Gasteiger partial charge in [0.05, 0.1) is 0 Å². The van der Waals surface area contributed by atoms with Crippen molar-refractivity contribution in [2.75, 3.05) is 19.6 Å². The largest absolute Gasteiger partial charge is 0.354 e. The van der Waals surface area contributed by atoms with E-state index in [4.69, 9.17) is 0 Å². The van der Waals surface area contributed by atoms with E-state index < -0.39 is 0 Å². The summed E-state index contributed by atoms with van der Waals surface area (Å²) in [6.07, 6.45) is 1.20. The second kappa shape index (κ2) is 2.89. The van der Waals surface area contributed by atoms with Crippen molar-refractivity contribution >= 4 is 5.96 Å². The molecule has 2 heterocycles. The molecule has 1 atom stereocenters. The fourth-order valence-electron chi connectivity index (χ4n) is 2.29. The summed E-state index contributed by atoms with van der Waals surface area (Å²) in [4.78, 5) is 6.92. The van der Waals surface area contributed by atoms with Gasteiger partial charge in [0.1, 0.15) is 0 Å². The summed E-state index contributed by atoms with van der Waals surface area (Å²) in [5.74, 6) is 1.13. The van der Waals surface area contributed by atoms with Gasteiger partial charge in [0.15, 0.2) is 5.96 Å². The van der Waals surface area contributed by atoms with E-state index in [1.54, 1.807) is 0 Å². The fourth-order valence-corrected chi connectivity index (χ4v) is 2.29. The molecule has 1 unspecified atom stereocenters. The minimum Gasteiger partial charge on any atom is -0.354 e. The van der Waals surface area contributed by atoms with Crippen molar-refractivity contribution in [3.63, 3.8) is 0 Å². The molecular formula is C10H19N3. The van der Waals surface area contributed by atoms with Crippen LogP contribution in [0.3, 0.4) is 0 Å². The van der Waals surface area contributed by atoms with Crippen LogP contribution in [0.5, 0.6) is 0 Å². The molecule has 2 aliphatic heterocycles. The predicted octanol–water partition coefficient (Wildman–Crippen LogP) is 1.07. The highest BCUT2D eigenvalue weighted by molar-refractivity contribution is 5.82. The van der Waals surface area contributed by atoms with Crippen LogP contribution in [-0.2, 0) is 0 Å². The number of hydrogen-bond acceptors (Lipinski definition) is 3. The van der Waals surface area contributed by atoms with Gasteiger partial charge in [-0.3, -0.25) is 4.99 Å². The SMILES string of the molecule is CC(C)(C)C1CCN=C2NCCN21. The maximum Gasteiger partial charge on any atom is 0.194 e. The van der Waals surface area contributed by atoms with Crippen molar-refractivity contribution in [2.24, 2.45) is 10.4 Å². The lowest BCUT2D eigenvalue weighted by Crippen LogP contribution is -2.49. The Balaban J connectivity index is 2.19. The van der Waals surface area contributed by atoms with E-state index >= 15 is 0 Å². The minimum atomic E-state index is 0.368. The number of fused-ring (bicyclic) bond motifs is 1. The van der Waals surface area contributed by atoms with Crippen molar-refractivity contribution < 1.29 is 0 Å². The van der Waals surface area contributed by atoms with Crippen LogP contribution in [0.25, 0.3) is 0 Å². The summed E-state index contributed by atoms with van der Waals surface area (Å²) in [6.45, 7) is 10.1. The molecule has 0 spiro atoms. The van der Waals surface area contributed by atoms with Crippen molar-refractivity contribution in [1.82, 2.24) is 10.2 Å². The van der Waals surface area contributed by atoms with Gasteiger partial charge in [0.2, 0.25) is 0 Å². The van der Waals surface area contributed by atoms with Crippen LogP contribution in [0.15, 0.2) is 4.99 Å². The molecule has 2 rings (SSSR count). The Bertz CT molecular complexity index is 227. The lowest BCUT2D eigenvalue weighted by atomic mass is 9.83. The zero-order valence-corrected chi connectivity index (χ0v) is 8.80. The second-order valence-corrected chi connectivity index (χ2v) is 5.00. The number of aliphatic imine (C=N–C) groups is 1. The Kier molecular flexibility index (Phi) is 1.97. The zero-order chi connectivity index (χ0) is 9.47. The Hall–Kier alpha value is -0.730. The maximum absolute atomic E-state index is 4.49. The van der Waals surface area contributed by atoms with Gasteiger partial charge in [-0.15, -0.1) is 0 Å². The van der Waals surface area contributed by atoms with E-state index in [0.29, 0.717) is 11.5 Å². The average Bonchev–Trinajstić information content (AvgIpc) is 2.48. The van der Waals surface area contributed by atoms with E-state index in [1.165, 1.54) is 6.42 Å². The third kappa shape index (κ3) is 1.52. The highest BCUT2D eigenvalue weighted by Crippen LogP contribution is 2.29. The van der Waals surface area contributed by atoms with Crippen LogP contribution >= 0.6 is 0 Å². The van der Waals surface area contributed by atoms with Crippen LogP contribution < -0.4 is 5.32 Å². The molecule has 0 radical (unpaired) electrons. The predicted molar refractivity (Wildman–Crippen MR) is 54.9 cm³/mol. The average molecular weight is 181 g/mol. The lowest BCUT2D eigenvalue weighted by molar-refractivity contribution is 0.161. The van der Waals surface area contributed by atoms with Crippen molar-refractivity contribution in [2.45, 2.75) is 33.2 Å². The first-order valence-electron chi connectivity index (χ1n) is 5.14. The van der Waals surface area contributed by atoms with Crippen molar-refractivity contribution in [1.29, 1.82) is 0 Å². The van der Waals surface area contributed by atoms with Gasteiger partial charge in [0, 0.05) is 25.7 Å². The fraction of sp³-hybridized carbons (Fsp3) is 0.900. The van der Waals surface area contributed by atoms with E-state index in [1.807, 2.05) is 0 Å². The zero-order valence-electron chi connectivity index (χ0n) is 8.80. The molecule has 3 nitrogen and oxygen atoms in total. The van der Waals surface area contributed by atoms with E-state index in [-0.39, 0.29) is 0 Å². The molecule has 0 aromatic rings. The lowest BCUT2D eigenvalue weighted by Gasteiger charge is -2.40. The highest BCUT2D eigenvalue weighted by Gasteiger charge is 2.36. The van der Waals surface area contributed by atoms with Gasteiger partial charge in [-0.2, -0.15) is 0 Å². The number of rotatable bonds is 0. The molecule has 74 valence electrons. The topological polar surface area (TPSA) is 27.6 Å². The second-order valence-electron chi connectivity index (χ2n) is 5.00. The van der Waals surface area contributed by atoms with E-state index in [0.717, 1.165) is 25.6 Å². The quantitative estimate of drug-likeness (QED) is 0.605. The monoisotopic (exact) mass is 181 g/mol. The van der Waals surface area contributed by atoms with Gasteiger partial charge in [-0.25, -0.2) is 0 Å². The van der Waals surface area contributed by atoms with E-state index in [2.05, 4.69) is 36.0 Å². The number of hydrogen-bond donors (Lipinski definition) is 1. The number of nitrogens with one attached hydrogen (secondary N) is 1. The van der Waals surface area contributed by atoms with E-state index in [9.17, 15) is 0 Å².